The number of rotatable bonds is 3. The van der Waals surface area contributed by atoms with Crippen molar-refractivity contribution in [3.8, 4) is 0 Å². The summed E-state index contributed by atoms with van der Waals surface area (Å²) in [6.45, 7) is 4.33. The highest BCUT2D eigenvalue weighted by Gasteiger charge is 2.51. The molecule has 0 spiro atoms. The van der Waals surface area contributed by atoms with E-state index < -0.39 is 10.4 Å². The van der Waals surface area contributed by atoms with E-state index in [4.69, 9.17) is 8.74 Å². The molecule has 5 nitrogen and oxygen atoms in total. The highest BCUT2D eigenvalue weighted by molar-refractivity contribution is 7.80. The monoisotopic (exact) mass is 378 g/mol. The van der Waals surface area contributed by atoms with Crippen molar-refractivity contribution >= 4 is 16.2 Å². The minimum Gasteiger partial charge on any atom is -0.290 e. The number of fused-ring (bicyclic) bond motifs is 4. The van der Waals surface area contributed by atoms with Crippen molar-refractivity contribution in [2.45, 2.75) is 52.4 Å². The van der Waals surface area contributed by atoms with Crippen LogP contribution in [0, 0.1) is 22.7 Å². The predicted octanol–water partition coefficient (Wildman–Crippen LogP) is 3.79. The second-order valence-electron chi connectivity index (χ2n) is 8.73. The number of hydrogen-bond donors (Lipinski definition) is 1. The van der Waals surface area contributed by atoms with Gasteiger partial charge in [-0.2, -0.15) is 8.42 Å². The van der Waals surface area contributed by atoms with Crippen LogP contribution in [0.3, 0.4) is 0 Å². The van der Waals surface area contributed by atoms with E-state index in [2.05, 4.69) is 19.9 Å². The van der Waals surface area contributed by atoms with Crippen LogP contribution in [0.5, 0.6) is 0 Å². The first kappa shape index (κ1) is 18.1. The molecule has 4 aliphatic rings. The van der Waals surface area contributed by atoms with Crippen LogP contribution in [0.4, 0.5) is 0 Å². The van der Waals surface area contributed by atoms with Gasteiger partial charge in [-0.25, -0.2) is 4.18 Å². The van der Waals surface area contributed by atoms with Crippen LogP contribution in [0.25, 0.3) is 0 Å². The third-order valence-electron chi connectivity index (χ3n) is 7.32. The van der Waals surface area contributed by atoms with Crippen LogP contribution in [0.15, 0.2) is 34.9 Å². The molecule has 0 aliphatic heterocycles. The van der Waals surface area contributed by atoms with Gasteiger partial charge in [0, 0.05) is 10.8 Å². The molecule has 4 rings (SSSR count). The van der Waals surface area contributed by atoms with Crippen LogP contribution in [-0.2, 0) is 19.4 Å². The van der Waals surface area contributed by atoms with E-state index in [0.717, 1.165) is 38.5 Å². The van der Waals surface area contributed by atoms with E-state index in [1.165, 1.54) is 16.7 Å². The van der Waals surface area contributed by atoms with Crippen LogP contribution < -0.4 is 0 Å². The zero-order valence-corrected chi connectivity index (χ0v) is 16.1. The molecule has 0 radical (unpaired) electrons. The standard InChI is InChI=1S/C20H26O5S/c1-19(12-25-26(22,23)24)9-8-16-15-4-3-13-11-14(21)7-10-20(13,2)18(15)6-5-17(16)19/h7,10-11,15,18H,3-6,8-9,12H2,1-2H3,(H,22,23,24)/t15-,18-,19+,20-/m0/s1. The maximum absolute atomic E-state index is 11.8. The largest absolute Gasteiger partial charge is 0.397 e. The van der Waals surface area contributed by atoms with E-state index in [1.54, 1.807) is 6.08 Å². The van der Waals surface area contributed by atoms with E-state index in [-0.39, 0.29) is 23.2 Å². The summed E-state index contributed by atoms with van der Waals surface area (Å²) in [7, 11) is -4.41. The van der Waals surface area contributed by atoms with Gasteiger partial charge >= 0.3 is 10.4 Å². The van der Waals surface area contributed by atoms with Gasteiger partial charge in [-0.3, -0.25) is 9.35 Å². The van der Waals surface area contributed by atoms with E-state index in [0.29, 0.717) is 11.8 Å². The Bertz CT molecular complexity index is 849. The van der Waals surface area contributed by atoms with E-state index in [9.17, 15) is 13.2 Å². The van der Waals surface area contributed by atoms with Crippen molar-refractivity contribution < 1.29 is 21.9 Å². The van der Waals surface area contributed by atoms with Crippen molar-refractivity contribution in [1.29, 1.82) is 0 Å². The van der Waals surface area contributed by atoms with Gasteiger partial charge in [0.2, 0.25) is 0 Å². The molecule has 1 fully saturated rings. The third kappa shape index (κ3) is 2.83. The Morgan fingerprint density at radius 1 is 1.23 bits per heavy atom. The molecule has 142 valence electrons. The Morgan fingerprint density at radius 3 is 2.73 bits per heavy atom. The van der Waals surface area contributed by atoms with E-state index >= 15 is 0 Å². The number of carbonyl (C=O) groups excluding carboxylic acids is 1. The minimum absolute atomic E-state index is 0.0128. The first-order valence-electron chi connectivity index (χ1n) is 9.41. The molecule has 0 heterocycles. The highest BCUT2D eigenvalue weighted by Crippen LogP contribution is 2.61. The molecule has 0 unspecified atom stereocenters. The maximum atomic E-state index is 11.8. The molecular weight excluding hydrogens is 352 g/mol. The lowest BCUT2D eigenvalue weighted by molar-refractivity contribution is -0.110. The highest BCUT2D eigenvalue weighted by atomic mass is 32.3. The quantitative estimate of drug-likeness (QED) is 0.597. The summed E-state index contributed by atoms with van der Waals surface area (Å²) >= 11 is 0. The van der Waals surface area contributed by atoms with Gasteiger partial charge in [0.1, 0.15) is 0 Å². The van der Waals surface area contributed by atoms with Crippen LogP contribution in [0.1, 0.15) is 52.4 Å². The topological polar surface area (TPSA) is 80.7 Å². The minimum atomic E-state index is -4.41. The maximum Gasteiger partial charge on any atom is 0.397 e. The molecule has 0 amide bonds. The van der Waals surface area contributed by atoms with Crippen LogP contribution in [-0.4, -0.2) is 25.4 Å². The van der Waals surface area contributed by atoms with Gasteiger partial charge < -0.3 is 0 Å². The van der Waals surface area contributed by atoms with Crippen molar-refractivity contribution in [1.82, 2.24) is 0 Å². The zero-order valence-electron chi connectivity index (χ0n) is 15.3. The predicted molar refractivity (Wildman–Crippen MR) is 97.7 cm³/mol. The second-order valence-corrected chi connectivity index (χ2v) is 9.82. The normalized spacial score (nSPS) is 39.3. The molecule has 4 aliphatic carbocycles. The van der Waals surface area contributed by atoms with Crippen LogP contribution >= 0.6 is 0 Å². The van der Waals surface area contributed by atoms with Gasteiger partial charge in [0.25, 0.3) is 0 Å². The summed E-state index contributed by atoms with van der Waals surface area (Å²) in [5.41, 5.74) is 3.73. The first-order valence-corrected chi connectivity index (χ1v) is 10.8. The van der Waals surface area contributed by atoms with Crippen molar-refractivity contribution in [2.24, 2.45) is 22.7 Å². The Balaban J connectivity index is 1.64. The van der Waals surface area contributed by atoms with Gasteiger partial charge in [0.05, 0.1) is 6.61 Å². The average Bonchev–Trinajstić information content (AvgIpc) is 2.91. The number of carbonyl (C=O) groups is 1. The Labute approximate surface area is 155 Å². The molecular formula is C20H26O5S. The average molecular weight is 378 g/mol. The lowest BCUT2D eigenvalue weighted by atomic mass is 9.53. The van der Waals surface area contributed by atoms with E-state index in [1.807, 2.05) is 6.08 Å². The molecule has 4 atom stereocenters. The van der Waals surface area contributed by atoms with Gasteiger partial charge in [-0.05, 0) is 62.5 Å². The summed E-state index contributed by atoms with van der Waals surface area (Å²) < 4.78 is 35.7. The third-order valence-corrected chi connectivity index (χ3v) is 7.74. The lowest BCUT2D eigenvalue weighted by Gasteiger charge is -2.51. The molecule has 1 N–H and O–H groups in total. The van der Waals surface area contributed by atoms with Crippen molar-refractivity contribution in [2.75, 3.05) is 6.61 Å². The van der Waals surface area contributed by atoms with Gasteiger partial charge in [-0.1, -0.05) is 36.6 Å². The van der Waals surface area contributed by atoms with Gasteiger partial charge in [-0.15, -0.1) is 0 Å². The second kappa shape index (κ2) is 5.88. The molecule has 1 saturated carbocycles. The molecule has 0 bridgehead atoms. The molecule has 0 saturated heterocycles. The fourth-order valence-corrected chi connectivity index (χ4v) is 6.33. The lowest BCUT2D eigenvalue weighted by Crippen LogP contribution is -2.42. The zero-order chi connectivity index (χ0) is 18.7. The van der Waals surface area contributed by atoms with Gasteiger partial charge in [0.15, 0.2) is 5.78 Å². The smallest absolute Gasteiger partial charge is 0.290 e. The molecule has 6 heteroatoms. The Morgan fingerprint density at radius 2 is 2.00 bits per heavy atom. The molecule has 0 aromatic carbocycles. The Hall–Kier alpha value is -1.24. The summed E-state index contributed by atoms with van der Waals surface area (Å²) in [5, 5.41) is 0. The first-order chi connectivity index (χ1) is 12.1. The van der Waals surface area contributed by atoms with Crippen molar-refractivity contribution in [3.63, 3.8) is 0 Å². The fraction of sp³-hybridized carbons (Fsp3) is 0.650. The number of hydrogen-bond acceptors (Lipinski definition) is 4. The van der Waals surface area contributed by atoms with Crippen LogP contribution in [0.2, 0.25) is 0 Å². The number of ketones is 1. The summed E-state index contributed by atoms with van der Waals surface area (Å²) in [6, 6.07) is 0. The summed E-state index contributed by atoms with van der Waals surface area (Å²) in [6.07, 6.45) is 11.5. The Kier molecular flexibility index (Phi) is 4.10. The fourth-order valence-electron chi connectivity index (χ4n) is 5.92. The summed E-state index contributed by atoms with van der Waals surface area (Å²) in [5.74, 6) is 1.09. The van der Waals surface area contributed by atoms with Crippen molar-refractivity contribution in [3.05, 3.63) is 34.9 Å². The SMILES string of the molecule is C[C@]1(COS(=O)(=O)O)CCC2=C1CC[C@H]1[C@H]2CCC2=CC(=O)C=C[C@@]21C. The molecule has 0 aromatic rings. The molecule has 0 aromatic heterocycles. The molecule has 26 heavy (non-hydrogen) atoms. The number of allylic oxidation sites excluding steroid dienone is 5. The summed E-state index contributed by atoms with van der Waals surface area (Å²) in [4.78, 5) is 11.8.